The van der Waals surface area contributed by atoms with Crippen molar-refractivity contribution in [2.45, 2.75) is 0 Å². The number of hydrogen-bond acceptors (Lipinski definition) is 3. The largest absolute Gasteiger partial charge is 0.503 e. The zero-order valence-electron chi connectivity index (χ0n) is 7.10. The van der Waals surface area contributed by atoms with Gasteiger partial charge in [0.15, 0.2) is 11.6 Å². The summed E-state index contributed by atoms with van der Waals surface area (Å²) in [6, 6.07) is 1.11. The fraction of sp³-hybridized carbons (Fsp3) is 0.250. The second-order valence-corrected chi connectivity index (χ2v) is 3.11. The standard InChI is InChI=1S/C8H8BrFO3/c1-12-7-5(10)3-4(9)6(11)8(7)13-2/h3,11H,1-2H3. The van der Waals surface area contributed by atoms with Crippen LogP contribution < -0.4 is 9.47 Å². The number of phenols is 1. The molecule has 13 heavy (non-hydrogen) atoms. The Hall–Kier alpha value is -0.970. The van der Waals surface area contributed by atoms with Crippen LogP contribution in [0.1, 0.15) is 0 Å². The van der Waals surface area contributed by atoms with Crippen LogP contribution in [0, 0.1) is 5.82 Å². The third kappa shape index (κ3) is 1.70. The molecule has 0 radical (unpaired) electrons. The van der Waals surface area contributed by atoms with Gasteiger partial charge in [0, 0.05) is 0 Å². The van der Waals surface area contributed by atoms with Gasteiger partial charge in [0.05, 0.1) is 18.7 Å². The minimum absolute atomic E-state index is 0.0191. The molecule has 0 aliphatic rings. The second kappa shape index (κ2) is 3.83. The molecule has 1 aromatic carbocycles. The third-order valence-electron chi connectivity index (χ3n) is 1.53. The van der Waals surface area contributed by atoms with Gasteiger partial charge in [-0.2, -0.15) is 0 Å². The number of aromatic hydroxyl groups is 1. The van der Waals surface area contributed by atoms with Crippen molar-refractivity contribution in [2.24, 2.45) is 0 Å². The molecule has 0 atom stereocenters. The monoisotopic (exact) mass is 250 g/mol. The molecular weight excluding hydrogens is 243 g/mol. The third-order valence-corrected chi connectivity index (χ3v) is 2.13. The number of phenolic OH excluding ortho intramolecular Hbond substituents is 1. The smallest absolute Gasteiger partial charge is 0.207 e. The SMILES string of the molecule is COc1c(F)cc(Br)c(O)c1OC. The van der Waals surface area contributed by atoms with Crippen LogP contribution in [0.5, 0.6) is 17.2 Å². The van der Waals surface area contributed by atoms with Crippen molar-refractivity contribution in [3.8, 4) is 17.2 Å². The topological polar surface area (TPSA) is 38.7 Å². The van der Waals surface area contributed by atoms with E-state index in [0.717, 1.165) is 6.07 Å². The Morgan fingerprint density at radius 3 is 2.31 bits per heavy atom. The van der Waals surface area contributed by atoms with Crippen LogP contribution in [-0.2, 0) is 0 Å². The Bertz CT molecular complexity index is 328. The normalized spacial score (nSPS) is 9.85. The van der Waals surface area contributed by atoms with E-state index in [2.05, 4.69) is 15.9 Å². The van der Waals surface area contributed by atoms with Crippen molar-refractivity contribution in [1.82, 2.24) is 0 Å². The van der Waals surface area contributed by atoms with Gasteiger partial charge in [-0.25, -0.2) is 4.39 Å². The molecule has 0 unspecified atom stereocenters. The highest BCUT2D eigenvalue weighted by Crippen LogP contribution is 2.43. The summed E-state index contributed by atoms with van der Waals surface area (Å²) in [5.41, 5.74) is 0. The van der Waals surface area contributed by atoms with Gasteiger partial charge in [0.2, 0.25) is 11.5 Å². The summed E-state index contributed by atoms with van der Waals surface area (Å²) in [6.45, 7) is 0. The predicted molar refractivity (Wildman–Crippen MR) is 48.9 cm³/mol. The molecule has 0 saturated heterocycles. The maximum absolute atomic E-state index is 13.1. The molecule has 0 aliphatic heterocycles. The lowest BCUT2D eigenvalue weighted by atomic mass is 10.3. The molecule has 0 aliphatic carbocycles. The van der Waals surface area contributed by atoms with Crippen molar-refractivity contribution in [1.29, 1.82) is 0 Å². The van der Waals surface area contributed by atoms with E-state index in [1.54, 1.807) is 0 Å². The van der Waals surface area contributed by atoms with Gasteiger partial charge < -0.3 is 14.6 Å². The molecule has 3 nitrogen and oxygen atoms in total. The molecule has 0 fully saturated rings. The Labute approximate surface area is 83.2 Å². The number of hydrogen-bond donors (Lipinski definition) is 1. The first-order valence-electron chi connectivity index (χ1n) is 3.40. The van der Waals surface area contributed by atoms with Gasteiger partial charge in [-0.15, -0.1) is 0 Å². The summed E-state index contributed by atoms with van der Waals surface area (Å²) in [5, 5.41) is 9.42. The maximum atomic E-state index is 13.1. The molecule has 5 heteroatoms. The lowest BCUT2D eigenvalue weighted by molar-refractivity contribution is 0.318. The van der Waals surface area contributed by atoms with Gasteiger partial charge >= 0.3 is 0 Å². The molecule has 0 aromatic heterocycles. The van der Waals surface area contributed by atoms with E-state index in [1.165, 1.54) is 14.2 Å². The molecule has 0 heterocycles. The highest BCUT2D eigenvalue weighted by molar-refractivity contribution is 9.10. The quantitative estimate of drug-likeness (QED) is 0.876. The van der Waals surface area contributed by atoms with E-state index in [9.17, 15) is 9.50 Å². The van der Waals surface area contributed by atoms with Crippen molar-refractivity contribution in [2.75, 3.05) is 14.2 Å². The average Bonchev–Trinajstić information content (AvgIpc) is 2.10. The van der Waals surface area contributed by atoms with Crippen LogP contribution in [0.3, 0.4) is 0 Å². The average molecular weight is 251 g/mol. The summed E-state index contributed by atoms with van der Waals surface area (Å²) < 4.78 is 22.9. The predicted octanol–water partition coefficient (Wildman–Crippen LogP) is 2.31. The van der Waals surface area contributed by atoms with Gasteiger partial charge in [-0.3, -0.25) is 0 Å². The van der Waals surface area contributed by atoms with Crippen LogP contribution in [0.2, 0.25) is 0 Å². The highest BCUT2D eigenvalue weighted by atomic mass is 79.9. The number of methoxy groups -OCH3 is 2. The summed E-state index contributed by atoms with van der Waals surface area (Å²) >= 11 is 2.98. The van der Waals surface area contributed by atoms with Crippen molar-refractivity contribution < 1.29 is 19.0 Å². The molecular formula is C8H8BrFO3. The van der Waals surface area contributed by atoms with E-state index >= 15 is 0 Å². The second-order valence-electron chi connectivity index (χ2n) is 2.26. The Morgan fingerprint density at radius 2 is 1.85 bits per heavy atom. The van der Waals surface area contributed by atoms with Crippen molar-refractivity contribution in [3.05, 3.63) is 16.4 Å². The first-order valence-corrected chi connectivity index (χ1v) is 4.20. The minimum Gasteiger partial charge on any atom is -0.503 e. The fourth-order valence-electron chi connectivity index (χ4n) is 0.949. The lowest BCUT2D eigenvalue weighted by Gasteiger charge is -2.10. The first kappa shape index (κ1) is 10.1. The molecule has 0 saturated carbocycles. The molecule has 1 rings (SSSR count). The van der Waals surface area contributed by atoms with Crippen LogP contribution in [0.25, 0.3) is 0 Å². The molecule has 0 bridgehead atoms. The molecule has 72 valence electrons. The highest BCUT2D eigenvalue weighted by Gasteiger charge is 2.17. The van der Waals surface area contributed by atoms with Crippen molar-refractivity contribution >= 4 is 15.9 Å². The summed E-state index contributed by atoms with van der Waals surface area (Å²) in [5.74, 6) is -0.901. The van der Waals surface area contributed by atoms with Gasteiger partial charge in [0.25, 0.3) is 0 Å². The van der Waals surface area contributed by atoms with Gasteiger partial charge in [-0.1, -0.05) is 0 Å². The van der Waals surface area contributed by atoms with E-state index < -0.39 is 5.82 Å². The molecule has 1 N–H and O–H groups in total. The van der Waals surface area contributed by atoms with Crippen LogP contribution in [0.15, 0.2) is 10.5 Å². The fourth-order valence-corrected chi connectivity index (χ4v) is 1.33. The molecule has 0 amide bonds. The Kier molecular flexibility index (Phi) is 2.98. The zero-order valence-corrected chi connectivity index (χ0v) is 8.68. The lowest BCUT2D eigenvalue weighted by Crippen LogP contribution is -1.94. The first-order chi connectivity index (χ1) is 6.11. The van der Waals surface area contributed by atoms with Crippen LogP contribution in [-0.4, -0.2) is 19.3 Å². The van der Waals surface area contributed by atoms with Crippen molar-refractivity contribution in [3.63, 3.8) is 0 Å². The van der Waals surface area contributed by atoms with Gasteiger partial charge in [0.1, 0.15) is 0 Å². The number of ether oxygens (including phenoxy) is 2. The van der Waals surface area contributed by atoms with Crippen LogP contribution in [0.4, 0.5) is 4.39 Å². The van der Waals surface area contributed by atoms with E-state index in [0.29, 0.717) is 0 Å². The Morgan fingerprint density at radius 1 is 1.31 bits per heavy atom. The number of benzene rings is 1. The molecule has 0 spiro atoms. The summed E-state index contributed by atoms with van der Waals surface area (Å²) in [6.07, 6.45) is 0. The number of rotatable bonds is 2. The summed E-state index contributed by atoms with van der Waals surface area (Å²) in [4.78, 5) is 0. The van der Waals surface area contributed by atoms with E-state index in [4.69, 9.17) is 9.47 Å². The zero-order chi connectivity index (χ0) is 10.0. The maximum Gasteiger partial charge on any atom is 0.207 e. The Balaban J connectivity index is 3.41. The summed E-state index contributed by atoms with van der Waals surface area (Å²) in [7, 11) is 2.62. The van der Waals surface area contributed by atoms with E-state index in [-0.39, 0.29) is 21.7 Å². The molecule has 1 aromatic rings. The number of halogens is 2. The van der Waals surface area contributed by atoms with Crippen LogP contribution >= 0.6 is 15.9 Å². The minimum atomic E-state index is -0.593. The van der Waals surface area contributed by atoms with Gasteiger partial charge in [-0.05, 0) is 22.0 Å². The van der Waals surface area contributed by atoms with E-state index in [1.807, 2.05) is 0 Å².